The second-order valence-electron chi connectivity index (χ2n) is 3.47. The van der Waals surface area contributed by atoms with Gasteiger partial charge in [0.2, 0.25) is 0 Å². The molecule has 0 amide bonds. The van der Waals surface area contributed by atoms with Crippen molar-refractivity contribution in [2.75, 3.05) is 26.2 Å². The van der Waals surface area contributed by atoms with Gasteiger partial charge < -0.3 is 20.8 Å². The van der Waals surface area contributed by atoms with E-state index >= 15 is 0 Å². The monoisotopic (exact) mass is 174 g/mol. The van der Waals surface area contributed by atoms with E-state index in [1.807, 2.05) is 0 Å². The third kappa shape index (κ3) is 3.06. The molecule has 1 saturated heterocycles. The first-order valence-electron chi connectivity index (χ1n) is 4.49. The van der Waals surface area contributed by atoms with Crippen molar-refractivity contribution in [2.24, 2.45) is 5.73 Å². The molecule has 0 aromatic heterocycles. The predicted molar refractivity (Wildman–Crippen MR) is 46.7 cm³/mol. The number of aliphatic hydroxyl groups excluding tert-OH is 2. The third-order valence-corrected chi connectivity index (χ3v) is 2.31. The molecular formula is C8H18N2O2. The Bertz CT molecular complexity index is 124. The van der Waals surface area contributed by atoms with E-state index in [1.54, 1.807) is 0 Å². The number of aliphatic hydroxyl groups is 2. The van der Waals surface area contributed by atoms with Gasteiger partial charge in [-0.25, -0.2) is 0 Å². The van der Waals surface area contributed by atoms with Gasteiger partial charge in [-0.2, -0.15) is 0 Å². The lowest BCUT2D eigenvalue weighted by molar-refractivity contribution is 0.0515. The van der Waals surface area contributed by atoms with Crippen LogP contribution in [0.1, 0.15) is 12.8 Å². The molecule has 1 fully saturated rings. The first kappa shape index (κ1) is 9.92. The molecular weight excluding hydrogens is 156 g/mol. The summed E-state index contributed by atoms with van der Waals surface area (Å²) in [7, 11) is 0. The van der Waals surface area contributed by atoms with E-state index in [1.165, 1.54) is 0 Å². The predicted octanol–water partition coefficient (Wildman–Crippen LogP) is -1.24. The Labute approximate surface area is 73.0 Å². The molecule has 0 aromatic rings. The minimum atomic E-state index is -0.598. The summed E-state index contributed by atoms with van der Waals surface area (Å²) in [6.07, 6.45) is 1.40. The van der Waals surface area contributed by atoms with Gasteiger partial charge in [0.05, 0.1) is 12.7 Å². The quantitative estimate of drug-likeness (QED) is 0.501. The summed E-state index contributed by atoms with van der Waals surface area (Å²) in [6, 6.07) is 0.326. The SMILES string of the molecule is NC1CCN(CC(O)CO)CC1. The molecule has 4 heteroatoms. The molecule has 0 radical (unpaired) electrons. The molecule has 72 valence electrons. The van der Waals surface area contributed by atoms with Gasteiger partial charge >= 0.3 is 0 Å². The van der Waals surface area contributed by atoms with Crippen LogP contribution in [0.25, 0.3) is 0 Å². The number of hydrogen-bond acceptors (Lipinski definition) is 4. The minimum Gasteiger partial charge on any atom is -0.394 e. The topological polar surface area (TPSA) is 69.7 Å². The third-order valence-electron chi connectivity index (χ3n) is 2.31. The van der Waals surface area contributed by atoms with Gasteiger partial charge in [0.25, 0.3) is 0 Å². The fourth-order valence-electron chi connectivity index (χ4n) is 1.49. The van der Waals surface area contributed by atoms with E-state index in [4.69, 9.17) is 15.9 Å². The lowest BCUT2D eigenvalue weighted by atomic mass is 10.1. The molecule has 0 aliphatic carbocycles. The molecule has 0 spiro atoms. The van der Waals surface area contributed by atoms with Crippen molar-refractivity contribution < 1.29 is 10.2 Å². The van der Waals surface area contributed by atoms with Gasteiger partial charge in [-0.05, 0) is 25.9 Å². The van der Waals surface area contributed by atoms with Crippen LogP contribution in [0.5, 0.6) is 0 Å². The Kier molecular flexibility index (Phi) is 3.94. The van der Waals surface area contributed by atoms with Gasteiger partial charge in [-0.1, -0.05) is 0 Å². The van der Waals surface area contributed by atoms with E-state index in [0.29, 0.717) is 12.6 Å². The lowest BCUT2D eigenvalue weighted by Gasteiger charge is -2.31. The second kappa shape index (κ2) is 4.77. The zero-order valence-electron chi connectivity index (χ0n) is 7.32. The smallest absolute Gasteiger partial charge is 0.0897 e. The van der Waals surface area contributed by atoms with Gasteiger partial charge in [0.15, 0.2) is 0 Å². The highest BCUT2D eigenvalue weighted by atomic mass is 16.3. The summed E-state index contributed by atoms with van der Waals surface area (Å²) >= 11 is 0. The van der Waals surface area contributed by atoms with Crippen LogP contribution in [0.4, 0.5) is 0 Å². The summed E-state index contributed by atoms with van der Waals surface area (Å²) in [5.74, 6) is 0. The van der Waals surface area contributed by atoms with Crippen molar-refractivity contribution in [1.29, 1.82) is 0 Å². The number of β-amino-alcohol motifs (C(OH)–C–C–N with tert-alkyl or cyclic N) is 1. The van der Waals surface area contributed by atoms with Crippen LogP contribution in [0.15, 0.2) is 0 Å². The number of hydrogen-bond donors (Lipinski definition) is 3. The Hall–Kier alpha value is -0.160. The van der Waals surface area contributed by atoms with Gasteiger partial charge in [0.1, 0.15) is 0 Å². The number of likely N-dealkylation sites (tertiary alicyclic amines) is 1. The average molecular weight is 174 g/mol. The highest BCUT2D eigenvalue weighted by molar-refractivity contribution is 4.75. The van der Waals surface area contributed by atoms with Crippen LogP contribution < -0.4 is 5.73 Å². The molecule has 0 aromatic carbocycles. The Morgan fingerprint density at radius 1 is 1.42 bits per heavy atom. The zero-order chi connectivity index (χ0) is 8.97. The number of rotatable bonds is 3. The van der Waals surface area contributed by atoms with Crippen LogP contribution in [-0.2, 0) is 0 Å². The largest absolute Gasteiger partial charge is 0.394 e. The van der Waals surface area contributed by atoms with Gasteiger partial charge in [0, 0.05) is 12.6 Å². The molecule has 1 aliphatic rings. The van der Waals surface area contributed by atoms with Crippen molar-refractivity contribution in [3.8, 4) is 0 Å². The van der Waals surface area contributed by atoms with E-state index in [2.05, 4.69) is 4.90 Å². The first-order valence-corrected chi connectivity index (χ1v) is 4.49. The second-order valence-corrected chi connectivity index (χ2v) is 3.47. The fourth-order valence-corrected chi connectivity index (χ4v) is 1.49. The summed E-state index contributed by atoms with van der Waals surface area (Å²) in [5, 5.41) is 17.8. The number of piperidine rings is 1. The molecule has 1 rings (SSSR count). The average Bonchev–Trinajstić information content (AvgIpc) is 2.09. The van der Waals surface area contributed by atoms with Crippen LogP contribution >= 0.6 is 0 Å². The molecule has 1 aliphatic heterocycles. The highest BCUT2D eigenvalue weighted by Crippen LogP contribution is 2.08. The highest BCUT2D eigenvalue weighted by Gasteiger charge is 2.17. The normalized spacial score (nSPS) is 24.2. The van der Waals surface area contributed by atoms with E-state index in [9.17, 15) is 0 Å². The van der Waals surface area contributed by atoms with Crippen molar-refractivity contribution in [1.82, 2.24) is 4.90 Å². The maximum Gasteiger partial charge on any atom is 0.0897 e. The van der Waals surface area contributed by atoms with Crippen molar-refractivity contribution >= 4 is 0 Å². The molecule has 4 N–H and O–H groups in total. The molecule has 1 atom stereocenters. The number of nitrogens with zero attached hydrogens (tertiary/aromatic N) is 1. The molecule has 12 heavy (non-hydrogen) atoms. The first-order chi connectivity index (χ1) is 5.72. The van der Waals surface area contributed by atoms with Gasteiger partial charge in [-0.3, -0.25) is 0 Å². The Morgan fingerprint density at radius 2 is 2.00 bits per heavy atom. The lowest BCUT2D eigenvalue weighted by Crippen LogP contribution is -2.43. The maximum atomic E-state index is 9.15. The van der Waals surface area contributed by atoms with Crippen molar-refractivity contribution in [2.45, 2.75) is 25.0 Å². The van der Waals surface area contributed by atoms with E-state index in [0.717, 1.165) is 25.9 Å². The standard InChI is InChI=1S/C8H18N2O2/c9-7-1-3-10(4-2-7)5-8(12)6-11/h7-8,11-12H,1-6,9H2. The molecule has 1 unspecified atom stereocenters. The van der Waals surface area contributed by atoms with Crippen LogP contribution in [-0.4, -0.2) is 53.5 Å². The van der Waals surface area contributed by atoms with E-state index in [-0.39, 0.29) is 6.61 Å². The van der Waals surface area contributed by atoms with Crippen LogP contribution in [0.3, 0.4) is 0 Å². The van der Waals surface area contributed by atoms with Crippen molar-refractivity contribution in [3.63, 3.8) is 0 Å². The van der Waals surface area contributed by atoms with E-state index < -0.39 is 6.10 Å². The zero-order valence-corrected chi connectivity index (χ0v) is 7.32. The maximum absolute atomic E-state index is 9.15. The number of nitrogens with two attached hydrogens (primary N) is 1. The van der Waals surface area contributed by atoms with Crippen LogP contribution in [0.2, 0.25) is 0 Å². The summed E-state index contributed by atoms with van der Waals surface area (Å²) in [5.41, 5.74) is 5.72. The van der Waals surface area contributed by atoms with Gasteiger partial charge in [-0.15, -0.1) is 0 Å². The molecule has 0 saturated carbocycles. The van der Waals surface area contributed by atoms with Crippen LogP contribution in [0, 0.1) is 0 Å². The molecule has 0 bridgehead atoms. The Balaban J connectivity index is 2.17. The molecule has 4 nitrogen and oxygen atoms in total. The summed E-state index contributed by atoms with van der Waals surface area (Å²) in [6.45, 7) is 2.31. The summed E-state index contributed by atoms with van der Waals surface area (Å²) < 4.78 is 0. The fraction of sp³-hybridized carbons (Fsp3) is 1.00. The molecule has 1 heterocycles. The minimum absolute atomic E-state index is 0.150. The Morgan fingerprint density at radius 3 is 2.50 bits per heavy atom. The summed E-state index contributed by atoms with van der Waals surface area (Å²) in [4.78, 5) is 2.14. The van der Waals surface area contributed by atoms with Crippen molar-refractivity contribution in [3.05, 3.63) is 0 Å².